The normalized spacial score (nSPS) is 15.0. The minimum absolute atomic E-state index is 0.0374. The van der Waals surface area contributed by atoms with E-state index in [2.05, 4.69) is 0 Å². The van der Waals surface area contributed by atoms with E-state index in [9.17, 15) is 18.3 Å². The molecule has 3 aromatic rings. The maximum Gasteiger partial charge on any atom is 0.318 e. The molecular formula is C26H27NO5S. The Hall–Kier alpha value is -3.16. The molecule has 0 amide bonds. The molecule has 1 heterocycles. The lowest BCUT2D eigenvalue weighted by atomic mass is 9.94. The number of aliphatic carboxylic acids is 1. The van der Waals surface area contributed by atoms with Crippen LogP contribution in [0, 0.1) is 0 Å². The van der Waals surface area contributed by atoms with Crippen molar-refractivity contribution in [3.05, 3.63) is 83.9 Å². The maximum absolute atomic E-state index is 13.4. The lowest BCUT2D eigenvalue weighted by Gasteiger charge is -2.33. The highest BCUT2D eigenvalue weighted by atomic mass is 32.2. The van der Waals surface area contributed by atoms with Crippen LogP contribution in [0.5, 0.6) is 5.75 Å². The number of aryl methyl sites for hydroxylation is 1. The van der Waals surface area contributed by atoms with Crippen LogP contribution in [0.4, 0.5) is 0 Å². The highest BCUT2D eigenvalue weighted by Gasteiger charge is 2.31. The first-order valence-electron chi connectivity index (χ1n) is 10.8. The number of rotatable bonds is 7. The number of carboxylic acids is 1. The van der Waals surface area contributed by atoms with Crippen molar-refractivity contribution >= 4 is 16.0 Å². The van der Waals surface area contributed by atoms with Crippen LogP contribution in [0.2, 0.25) is 0 Å². The van der Waals surface area contributed by atoms with Gasteiger partial charge in [-0.25, -0.2) is 8.42 Å². The predicted molar refractivity (Wildman–Crippen MR) is 127 cm³/mol. The summed E-state index contributed by atoms with van der Waals surface area (Å²) in [6.45, 7) is 3.34. The average Bonchev–Trinajstić information content (AvgIpc) is 2.78. The molecule has 0 atom stereocenters. The third kappa shape index (κ3) is 5.26. The summed E-state index contributed by atoms with van der Waals surface area (Å²) in [5.74, 6) is -0.533. The summed E-state index contributed by atoms with van der Waals surface area (Å²) in [5.41, 5.74) is 3.29. The molecule has 7 heteroatoms. The van der Waals surface area contributed by atoms with E-state index in [4.69, 9.17) is 4.74 Å². The number of carbonyl (C=O) groups is 1. The van der Waals surface area contributed by atoms with Crippen molar-refractivity contribution in [2.24, 2.45) is 0 Å². The van der Waals surface area contributed by atoms with Gasteiger partial charge in [0, 0.05) is 6.54 Å². The van der Waals surface area contributed by atoms with Crippen molar-refractivity contribution in [3.63, 3.8) is 0 Å². The summed E-state index contributed by atoms with van der Waals surface area (Å²) in [5, 5.41) is 9.39. The molecule has 6 nitrogen and oxygen atoms in total. The molecule has 0 bridgehead atoms. The van der Waals surface area contributed by atoms with Gasteiger partial charge in [0.1, 0.15) is 17.9 Å². The number of hydrogen-bond donors (Lipinski definition) is 1. The number of carboxylic acid groups (broad SMARTS) is 1. The molecule has 0 spiro atoms. The summed E-state index contributed by atoms with van der Waals surface area (Å²) in [4.78, 5) is 11.6. The third-order valence-corrected chi connectivity index (χ3v) is 7.57. The molecule has 3 aromatic carbocycles. The monoisotopic (exact) mass is 465 g/mol. The van der Waals surface area contributed by atoms with Gasteiger partial charge >= 0.3 is 5.97 Å². The Kier molecular flexibility index (Phi) is 6.28. The van der Waals surface area contributed by atoms with Crippen LogP contribution in [0.1, 0.15) is 31.4 Å². The summed E-state index contributed by atoms with van der Waals surface area (Å²) in [6.07, 6.45) is 1.47. The van der Waals surface area contributed by atoms with Gasteiger partial charge in [-0.3, -0.25) is 4.79 Å². The van der Waals surface area contributed by atoms with Crippen LogP contribution >= 0.6 is 0 Å². The second-order valence-electron chi connectivity index (χ2n) is 8.86. The van der Waals surface area contributed by atoms with Crippen molar-refractivity contribution in [2.45, 2.75) is 43.7 Å². The summed E-state index contributed by atoms with van der Waals surface area (Å²) in [6, 6.07) is 22.1. The van der Waals surface area contributed by atoms with Gasteiger partial charge in [-0.1, -0.05) is 54.6 Å². The van der Waals surface area contributed by atoms with Crippen LogP contribution in [-0.4, -0.2) is 35.9 Å². The predicted octanol–water partition coefficient (Wildman–Crippen LogP) is 4.73. The number of hydrogen-bond acceptors (Lipinski definition) is 4. The fraction of sp³-hybridized carbons (Fsp3) is 0.269. The molecule has 1 aliphatic heterocycles. The first kappa shape index (κ1) is 23.0. The molecule has 172 valence electrons. The zero-order valence-electron chi connectivity index (χ0n) is 18.7. The molecule has 0 saturated heterocycles. The Labute approximate surface area is 194 Å². The number of fused-ring (bicyclic) bond motifs is 1. The first-order chi connectivity index (χ1) is 15.6. The first-order valence-corrected chi connectivity index (χ1v) is 12.3. The van der Waals surface area contributed by atoms with Crippen molar-refractivity contribution in [1.29, 1.82) is 0 Å². The van der Waals surface area contributed by atoms with Crippen molar-refractivity contribution in [3.8, 4) is 16.9 Å². The van der Waals surface area contributed by atoms with E-state index < -0.39 is 22.5 Å². The van der Waals surface area contributed by atoms with E-state index in [-0.39, 0.29) is 17.0 Å². The van der Waals surface area contributed by atoms with Gasteiger partial charge in [-0.2, -0.15) is 4.31 Å². The molecule has 0 fully saturated rings. The summed E-state index contributed by atoms with van der Waals surface area (Å²) < 4.78 is 33.7. The SMILES string of the molecule is CC1(C)CCc2cc(S(=O)(=O)N(CC(=O)O)Cc3ccc(-c4ccccc4)cc3)ccc2O1. The fourth-order valence-electron chi connectivity index (χ4n) is 3.96. The minimum Gasteiger partial charge on any atom is -0.488 e. The van der Waals surface area contributed by atoms with Crippen LogP contribution < -0.4 is 4.74 Å². The van der Waals surface area contributed by atoms with Gasteiger partial charge in [-0.15, -0.1) is 0 Å². The molecule has 1 N–H and O–H groups in total. The van der Waals surface area contributed by atoms with E-state index >= 15 is 0 Å². The van der Waals surface area contributed by atoms with Gasteiger partial charge in [-0.05, 0) is 67.1 Å². The van der Waals surface area contributed by atoms with Gasteiger partial charge in [0.2, 0.25) is 10.0 Å². The van der Waals surface area contributed by atoms with Gasteiger partial charge in [0.05, 0.1) is 4.90 Å². The highest BCUT2D eigenvalue weighted by Crippen LogP contribution is 2.35. The quantitative estimate of drug-likeness (QED) is 0.545. The van der Waals surface area contributed by atoms with E-state index in [1.165, 1.54) is 6.07 Å². The molecule has 0 aliphatic carbocycles. The van der Waals surface area contributed by atoms with E-state index in [0.717, 1.165) is 27.4 Å². The molecule has 33 heavy (non-hydrogen) atoms. The lowest BCUT2D eigenvalue weighted by Crippen LogP contribution is -2.36. The van der Waals surface area contributed by atoms with Gasteiger partial charge in [0.25, 0.3) is 0 Å². The molecule has 4 rings (SSSR count). The fourth-order valence-corrected chi connectivity index (χ4v) is 5.39. The van der Waals surface area contributed by atoms with Crippen LogP contribution in [0.25, 0.3) is 11.1 Å². The van der Waals surface area contributed by atoms with Gasteiger partial charge < -0.3 is 9.84 Å². The smallest absolute Gasteiger partial charge is 0.318 e. The zero-order chi connectivity index (χ0) is 23.6. The van der Waals surface area contributed by atoms with E-state index in [1.807, 2.05) is 68.4 Å². The highest BCUT2D eigenvalue weighted by molar-refractivity contribution is 7.89. The van der Waals surface area contributed by atoms with E-state index in [0.29, 0.717) is 17.7 Å². The molecule has 0 aromatic heterocycles. The number of benzene rings is 3. The summed E-state index contributed by atoms with van der Waals surface area (Å²) >= 11 is 0. The largest absolute Gasteiger partial charge is 0.488 e. The average molecular weight is 466 g/mol. The molecule has 1 aliphatic rings. The Morgan fingerprint density at radius 3 is 2.33 bits per heavy atom. The van der Waals surface area contributed by atoms with Gasteiger partial charge in [0.15, 0.2) is 0 Å². The summed E-state index contributed by atoms with van der Waals surface area (Å²) in [7, 11) is -4.02. The minimum atomic E-state index is -4.02. The third-order valence-electron chi connectivity index (χ3n) is 5.78. The van der Waals surface area contributed by atoms with Crippen molar-refractivity contribution in [2.75, 3.05) is 6.54 Å². The van der Waals surface area contributed by atoms with Crippen LogP contribution in [-0.2, 0) is 27.8 Å². The number of ether oxygens (including phenoxy) is 1. The Morgan fingerprint density at radius 1 is 1.00 bits per heavy atom. The van der Waals surface area contributed by atoms with E-state index in [1.54, 1.807) is 12.1 Å². The standard InChI is InChI=1S/C26H27NO5S/c1-26(2)15-14-22-16-23(12-13-24(22)32-26)33(30,31)27(18-25(28)29)17-19-8-10-21(11-9-19)20-6-4-3-5-7-20/h3-13,16H,14-15,17-18H2,1-2H3,(H,28,29). The topological polar surface area (TPSA) is 83.9 Å². The molecular weight excluding hydrogens is 438 g/mol. The Bertz CT molecular complexity index is 1250. The number of sulfonamides is 1. The van der Waals surface area contributed by atoms with Crippen LogP contribution in [0.3, 0.4) is 0 Å². The van der Waals surface area contributed by atoms with Crippen LogP contribution in [0.15, 0.2) is 77.7 Å². The maximum atomic E-state index is 13.4. The molecule has 0 saturated carbocycles. The lowest BCUT2D eigenvalue weighted by molar-refractivity contribution is -0.137. The Morgan fingerprint density at radius 2 is 1.67 bits per heavy atom. The Balaban J connectivity index is 1.60. The zero-order valence-corrected chi connectivity index (χ0v) is 19.5. The molecule has 0 unspecified atom stereocenters. The second kappa shape index (κ2) is 9.00. The molecule has 0 radical (unpaired) electrons. The van der Waals surface area contributed by atoms with Crippen molar-refractivity contribution in [1.82, 2.24) is 4.31 Å². The van der Waals surface area contributed by atoms with Crippen molar-refractivity contribution < 1.29 is 23.1 Å². The second-order valence-corrected chi connectivity index (χ2v) is 10.8. The number of nitrogens with zero attached hydrogens (tertiary/aromatic N) is 1.